The van der Waals surface area contributed by atoms with Gasteiger partial charge in [0.15, 0.2) is 0 Å². The van der Waals surface area contributed by atoms with Gasteiger partial charge in [-0.05, 0) is 49.1 Å². The predicted molar refractivity (Wildman–Crippen MR) is 84.7 cm³/mol. The lowest BCUT2D eigenvalue weighted by atomic mass is 10.2. The molecule has 0 heterocycles. The first-order valence-electron chi connectivity index (χ1n) is 6.77. The van der Waals surface area contributed by atoms with E-state index in [4.69, 9.17) is 0 Å². The fourth-order valence-corrected chi connectivity index (χ4v) is 2.27. The van der Waals surface area contributed by atoms with Crippen molar-refractivity contribution in [3.05, 3.63) is 29.8 Å². The first kappa shape index (κ1) is 15.4. The summed E-state index contributed by atoms with van der Waals surface area (Å²) < 4.78 is 0. The third kappa shape index (κ3) is 5.78. The molecule has 0 saturated heterocycles. The largest absolute Gasteiger partial charge is 0.375 e. The maximum Gasteiger partial charge on any atom is 0.0363 e. The number of benzene rings is 1. The summed E-state index contributed by atoms with van der Waals surface area (Å²) in [5.41, 5.74) is 2.68. The minimum Gasteiger partial charge on any atom is -0.375 e. The molecule has 18 heavy (non-hydrogen) atoms. The lowest BCUT2D eigenvalue weighted by molar-refractivity contribution is 0.675. The van der Waals surface area contributed by atoms with Crippen molar-refractivity contribution in [2.75, 3.05) is 37.0 Å². The average molecular weight is 266 g/mol. The van der Waals surface area contributed by atoms with Gasteiger partial charge in [0.2, 0.25) is 0 Å². The van der Waals surface area contributed by atoms with Crippen LogP contribution in [0.3, 0.4) is 0 Å². The minimum atomic E-state index is 0.976. The molecule has 0 atom stereocenters. The maximum atomic E-state index is 3.43. The monoisotopic (exact) mass is 266 g/mol. The van der Waals surface area contributed by atoms with Crippen molar-refractivity contribution in [2.45, 2.75) is 26.3 Å². The van der Waals surface area contributed by atoms with E-state index < -0.39 is 0 Å². The SMILES string of the molecule is CCCNCc1ccc(N(C)CCCSC)cc1. The van der Waals surface area contributed by atoms with Gasteiger partial charge in [0.1, 0.15) is 0 Å². The zero-order valence-electron chi connectivity index (χ0n) is 11.9. The van der Waals surface area contributed by atoms with Crippen LogP contribution in [0.15, 0.2) is 24.3 Å². The Bertz CT molecular complexity index is 311. The molecule has 0 radical (unpaired) electrons. The number of hydrogen-bond donors (Lipinski definition) is 1. The number of nitrogens with one attached hydrogen (secondary N) is 1. The Morgan fingerprint density at radius 1 is 1.22 bits per heavy atom. The predicted octanol–water partition coefficient (Wildman–Crippen LogP) is 3.38. The number of thioether (sulfide) groups is 1. The van der Waals surface area contributed by atoms with Crippen molar-refractivity contribution >= 4 is 17.4 Å². The highest BCUT2D eigenvalue weighted by Crippen LogP contribution is 2.14. The molecule has 0 aliphatic rings. The van der Waals surface area contributed by atoms with Gasteiger partial charge < -0.3 is 10.2 Å². The molecule has 2 nitrogen and oxygen atoms in total. The topological polar surface area (TPSA) is 15.3 Å². The van der Waals surface area contributed by atoms with Crippen LogP contribution < -0.4 is 10.2 Å². The molecule has 0 amide bonds. The molecule has 0 spiro atoms. The molecule has 3 heteroatoms. The normalized spacial score (nSPS) is 10.6. The second-order valence-corrected chi connectivity index (χ2v) is 5.60. The molecule has 102 valence electrons. The quantitative estimate of drug-likeness (QED) is 0.690. The van der Waals surface area contributed by atoms with E-state index in [2.05, 4.69) is 54.7 Å². The molecule has 1 aromatic rings. The maximum absolute atomic E-state index is 3.43. The van der Waals surface area contributed by atoms with Gasteiger partial charge in [0.05, 0.1) is 0 Å². The van der Waals surface area contributed by atoms with Crippen LogP contribution in [0.2, 0.25) is 0 Å². The molecular weight excluding hydrogens is 240 g/mol. The molecule has 0 aliphatic heterocycles. The van der Waals surface area contributed by atoms with E-state index in [-0.39, 0.29) is 0 Å². The summed E-state index contributed by atoms with van der Waals surface area (Å²) in [5, 5.41) is 3.43. The van der Waals surface area contributed by atoms with Crippen LogP contribution in [0.4, 0.5) is 5.69 Å². The van der Waals surface area contributed by atoms with Crippen LogP contribution in [0.5, 0.6) is 0 Å². The van der Waals surface area contributed by atoms with Gasteiger partial charge in [-0.3, -0.25) is 0 Å². The molecule has 0 aromatic heterocycles. The lowest BCUT2D eigenvalue weighted by Crippen LogP contribution is -2.19. The molecule has 0 unspecified atom stereocenters. The number of rotatable bonds is 9. The highest BCUT2D eigenvalue weighted by atomic mass is 32.2. The van der Waals surface area contributed by atoms with Crippen LogP contribution in [0.1, 0.15) is 25.3 Å². The fraction of sp³-hybridized carbons (Fsp3) is 0.600. The van der Waals surface area contributed by atoms with Crippen molar-refractivity contribution in [3.8, 4) is 0 Å². The van der Waals surface area contributed by atoms with Gasteiger partial charge in [0, 0.05) is 25.8 Å². The van der Waals surface area contributed by atoms with E-state index in [0.29, 0.717) is 0 Å². The first-order valence-corrected chi connectivity index (χ1v) is 8.17. The minimum absolute atomic E-state index is 0.976. The number of nitrogens with zero attached hydrogens (tertiary/aromatic N) is 1. The average Bonchev–Trinajstić information content (AvgIpc) is 2.40. The first-order chi connectivity index (χ1) is 8.77. The lowest BCUT2D eigenvalue weighted by Gasteiger charge is -2.19. The molecule has 1 rings (SSSR count). The summed E-state index contributed by atoms with van der Waals surface area (Å²) in [4.78, 5) is 2.33. The molecule has 0 aliphatic carbocycles. The molecular formula is C15H26N2S. The Morgan fingerprint density at radius 3 is 2.56 bits per heavy atom. The highest BCUT2D eigenvalue weighted by Gasteiger charge is 2.00. The Hall–Kier alpha value is -0.670. The van der Waals surface area contributed by atoms with E-state index in [1.54, 1.807) is 0 Å². The Balaban J connectivity index is 2.38. The van der Waals surface area contributed by atoms with Crippen molar-refractivity contribution in [1.82, 2.24) is 5.32 Å². The van der Waals surface area contributed by atoms with Crippen molar-refractivity contribution in [1.29, 1.82) is 0 Å². The van der Waals surface area contributed by atoms with E-state index >= 15 is 0 Å². The zero-order valence-corrected chi connectivity index (χ0v) is 12.7. The molecule has 0 fully saturated rings. The summed E-state index contributed by atoms with van der Waals surface area (Å²) in [6, 6.07) is 8.90. The molecule has 1 aromatic carbocycles. The van der Waals surface area contributed by atoms with Crippen molar-refractivity contribution in [3.63, 3.8) is 0 Å². The zero-order chi connectivity index (χ0) is 13.2. The van der Waals surface area contributed by atoms with Gasteiger partial charge in [-0.2, -0.15) is 11.8 Å². The Labute approximate surface area is 116 Å². The second kappa shape index (κ2) is 9.29. The third-order valence-corrected chi connectivity index (χ3v) is 3.67. The van der Waals surface area contributed by atoms with Gasteiger partial charge in [-0.15, -0.1) is 0 Å². The summed E-state index contributed by atoms with van der Waals surface area (Å²) in [5.74, 6) is 1.24. The molecule has 0 saturated carbocycles. The number of hydrogen-bond acceptors (Lipinski definition) is 3. The summed E-state index contributed by atoms with van der Waals surface area (Å²) in [6.07, 6.45) is 4.60. The van der Waals surface area contributed by atoms with Crippen molar-refractivity contribution in [2.24, 2.45) is 0 Å². The highest BCUT2D eigenvalue weighted by molar-refractivity contribution is 7.98. The van der Waals surface area contributed by atoms with E-state index in [0.717, 1.165) is 19.6 Å². The summed E-state index contributed by atoms with van der Waals surface area (Å²) in [6.45, 7) is 5.40. The van der Waals surface area contributed by atoms with Gasteiger partial charge in [-0.25, -0.2) is 0 Å². The molecule has 1 N–H and O–H groups in total. The Kier molecular flexibility index (Phi) is 7.94. The van der Waals surface area contributed by atoms with E-state index in [1.165, 1.54) is 29.8 Å². The van der Waals surface area contributed by atoms with Crippen LogP contribution >= 0.6 is 11.8 Å². The standard InChI is InChI=1S/C15H26N2S/c1-4-10-16-13-14-6-8-15(9-7-14)17(2)11-5-12-18-3/h6-9,16H,4-5,10-13H2,1-3H3. The van der Waals surface area contributed by atoms with E-state index in [9.17, 15) is 0 Å². The summed E-state index contributed by atoms with van der Waals surface area (Å²) >= 11 is 1.92. The fourth-order valence-electron chi connectivity index (χ4n) is 1.85. The molecule has 0 bridgehead atoms. The third-order valence-electron chi connectivity index (χ3n) is 2.98. The van der Waals surface area contributed by atoms with Crippen molar-refractivity contribution < 1.29 is 0 Å². The van der Waals surface area contributed by atoms with Gasteiger partial charge >= 0.3 is 0 Å². The Morgan fingerprint density at radius 2 is 1.94 bits per heavy atom. The second-order valence-electron chi connectivity index (χ2n) is 4.61. The van der Waals surface area contributed by atoms with Gasteiger partial charge in [0.25, 0.3) is 0 Å². The van der Waals surface area contributed by atoms with Crippen LogP contribution in [-0.4, -0.2) is 32.1 Å². The summed E-state index contributed by atoms with van der Waals surface area (Å²) in [7, 11) is 2.17. The van der Waals surface area contributed by atoms with Crippen LogP contribution in [0.25, 0.3) is 0 Å². The van der Waals surface area contributed by atoms with E-state index in [1.807, 2.05) is 11.8 Å². The van der Waals surface area contributed by atoms with Crippen LogP contribution in [0, 0.1) is 0 Å². The smallest absolute Gasteiger partial charge is 0.0363 e. The van der Waals surface area contributed by atoms with Gasteiger partial charge in [-0.1, -0.05) is 19.1 Å². The van der Waals surface area contributed by atoms with Crippen LogP contribution in [-0.2, 0) is 6.54 Å². The number of anilines is 1.